The maximum atomic E-state index is 13.0. The van der Waals surface area contributed by atoms with E-state index in [0.29, 0.717) is 54.6 Å². The monoisotopic (exact) mass is 421 g/mol. The predicted molar refractivity (Wildman–Crippen MR) is 113 cm³/mol. The molecular formula is C23H27N5O3. The lowest BCUT2D eigenvalue weighted by atomic mass is 9.99. The van der Waals surface area contributed by atoms with E-state index in [2.05, 4.69) is 16.9 Å². The number of fused-ring (bicyclic) bond motifs is 1. The molecule has 0 aromatic carbocycles. The molecule has 2 fully saturated rings. The fraction of sp³-hybridized carbons (Fsp3) is 0.522. The van der Waals surface area contributed by atoms with E-state index >= 15 is 0 Å². The molecule has 1 saturated carbocycles. The molecule has 2 aromatic rings. The van der Waals surface area contributed by atoms with Crippen molar-refractivity contribution in [2.24, 2.45) is 11.8 Å². The minimum atomic E-state index is -0.196. The molecule has 3 atom stereocenters. The number of aromatic nitrogens is 3. The molecule has 3 aliphatic rings. The van der Waals surface area contributed by atoms with Gasteiger partial charge in [0.25, 0.3) is 11.5 Å². The Morgan fingerprint density at radius 2 is 1.94 bits per heavy atom. The second-order valence-corrected chi connectivity index (χ2v) is 8.95. The third-order valence-electron chi connectivity index (χ3n) is 6.83. The topological polar surface area (TPSA) is 99.3 Å². The van der Waals surface area contributed by atoms with Crippen molar-refractivity contribution in [2.45, 2.75) is 51.6 Å². The average Bonchev–Trinajstić information content (AvgIpc) is 3.54. The van der Waals surface area contributed by atoms with Crippen LogP contribution in [0.15, 0.2) is 29.3 Å². The summed E-state index contributed by atoms with van der Waals surface area (Å²) in [7, 11) is 0. The molecule has 5 rings (SSSR count). The number of nitrogens with zero attached hydrogens (tertiary/aromatic N) is 4. The Labute approximate surface area is 180 Å². The summed E-state index contributed by atoms with van der Waals surface area (Å²) in [5.41, 5.74) is 1.72. The van der Waals surface area contributed by atoms with E-state index < -0.39 is 0 Å². The molecule has 4 heterocycles. The zero-order valence-electron chi connectivity index (χ0n) is 17.7. The van der Waals surface area contributed by atoms with Crippen LogP contribution in [0.5, 0.6) is 0 Å². The van der Waals surface area contributed by atoms with Crippen LogP contribution < -0.4 is 5.56 Å². The first kappa shape index (κ1) is 19.9. The van der Waals surface area contributed by atoms with Crippen molar-refractivity contribution in [1.82, 2.24) is 24.8 Å². The minimum absolute atomic E-state index is 0.0890. The number of rotatable bonds is 3. The molecule has 1 saturated heterocycles. The molecule has 0 bridgehead atoms. The third-order valence-corrected chi connectivity index (χ3v) is 6.83. The first-order valence-electron chi connectivity index (χ1n) is 11.1. The van der Waals surface area contributed by atoms with Crippen molar-refractivity contribution in [3.8, 4) is 0 Å². The largest absolute Gasteiger partial charge is 0.332 e. The summed E-state index contributed by atoms with van der Waals surface area (Å²) in [5.74, 6) is 1.21. The summed E-state index contributed by atoms with van der Waals surface area (Å²) in [5, 5.41) is 0. The summed E-state index contributed by atoms with van der Waals surface area (Å²) >= 11 is 0. The zero-order valence-corrected chi connectivity index (χ0v) is 17.7. The van der Waals surface area contributed by atoms with Gasteiger partial charge in [0.05, 0.1) is 18.3 Å². The molecule has 2 aliphatic heterocycles. The Balaban J connectivity index is 1.42. The first-order chi connectivity index (χ1) is 15.0. The van der Waals surface area contributed by atoms with Crippen LogP contribution in [-0.4, -0.2) is 49.7 Å². The van der Waals surface area contributed by atoms with Crippen LogP contribution in [0.25, 0.3) is 0 Å². The molecule has 8 nitrogen and oxygen atoms in total. The Hall–Kier alpha value is -3.03. The number of nitrogens with one attached hydrogen (secondary N) is 1. The van der Waals surface area contributed by atoms with Gasteiger partial charge in [0.15, 0.2) is 0 Å². The molecule has 31 heavy (non-hydrogen) atoms. The smallest absolute Gasteiger partial charge is 0.254 e. The molecular weight excluding hydrogens is 394 g/mol. The van der Waals surface area contributed by atoms with Gasteiger partial charge in [0.1, 0.15) is 5.82 Å². The molecule has 1 N–H and O–H groups in total. The highest BCUT2D eigenvalue weighted by Gasteiger charge is 2.44. The number of H-pyrrole nitrogens is 1. The van der Waals surface area contributed by atoms with Crippen LogP contribution in [0.3, 0.4) is 0 Å². The molecule has 162 valence electrons. The average molecular weight is 422 g/mol. The standard InChI is InChI=1S/C23H27N5O3/c1-14-12-17(14)23(31)28-10-3-2-4-19(28)20-25-18-13-27(11-7-16(18)21(29)26-20)22(30)15-5-8-24-9-6-15/h5-6,8-9,14,17,19H,2-4,7,10-13H2,1H3,(H,25,26,29)/t14-,17+,19+/m0/s1. The normalized spacial score (nSPS) is 25.1. The number of pyridine rings is 1. The minimum Gasteiger partial charge on any atom is -0.332 e. The zero-order chi connectivity index (χ0) is 21.5. The highest BCUT2D eigenvalue weighted by Crippen LogP contribution is 2.42. The lowest BCUT2D eigenvalue weighted by Crippen LogP contribution is -2.43. The van der Waals surface area contributed by atoms with Gasteiger partial charge in [-0.25, -0.2) is 4.98 Å². The number of likely N-dealkylation sites (tertiary alicyclic amines) is 1. The van der Waals surface area contributed by atoms with Gasteiger partial charge in [0, 0.05) is 42.5 Å². The number of amides is 2. The number of carbonyl (C=O) groups is 2. The van der Waals surface area contributed by atoms with Crippen LogP contribution in [0.1, 0.15) is 66.1 Å². The summed E-state index contributed by atoms with van der Waals surface area (Å²) in [4.78, 5) is 54.1. The summed E-state index contributed by atoms with van der Waals surface area (Å²) < 4.78 is 0. The molecule has 8 heteroatoms. The highest BCUT2D eigenvalue weighted by molar-refractivity contribution is 5.94. The van der Waals surface area contributed by atoms with Crippen LogP contribution in [0.4, 0.5) is 0 Å². The number of aromatic amines is 1. The number of piperidine rings is 1. The van der Waals surface area contributed by atoms with Crippen molar-refractivity contribution in [1.29, 1.82) is 0 Å². The van der Waals surface area contributed by atoms with Crippen LogP contribution in [0.2, 0.25) is 0 Å². The second-order valence-electron chi connectivity index (χ2n) is 8.95. The van der Waals surface area contributed by atoms with E-state index in [1.165, 1.54) is 0 Å². The van der Waals surface area contributed by atoms with E-state index in [1.807, 2.05) is 4.90 Å². The van der Waals surface area contributed by atoms with Gasteiger partial charge in [-0.05, 0) is 50.2 Å². The van der Waals surface area contributed by atoms with Gasteiger partial charge in [-0.15, -0.1) is 0 Å². The lowest BCUT2D eigenvalue weighted by molar-refractivity contribution is -0.137. The van der Waals surface area contributed by atoms with Gasteiger partial charge in [-0.2, -0.15) is 0 Å². The van der Waals surface area contributed by atoms with Crippen molar-refractivity contribution in [3.63, 3.8) is 0 Å². The Bertz CT molecular complexity index is 1070. The predicted octanol–water partition coefficient (Wildman–Crippen LogP) is 2.07. The highest BCUT2D eigenvalue weighted by atomic mass is 16.2. The van der Waals surface area contributed by atoms with E-state index in [4.69, 9.17) is 4.98 Å². The molecule has 0 radical (unpaired) electrons. The Morgan fingerprint density at radius 3 is 2.68 bits per heavy atom. The van der Waals surface area contributed by atoms with Gasteiger partial charge < -0.3 is 14.8 Å². The van der Waals surface area contributed by atoms with Gasteiger partial charge in [-0.1, -0.05) is 6.92 Å². The Kier molecular flexibility index (Phi) is 5.08. The van der Waals surface area contributed by atoms with Crippen molar-refractivity contribution in [2.75, 3.05) is 13.1 Å². The van der Waals surface area contributed by atoms with Crippen molar-refractivity contribution < 1.29 is 9.59 Å². The van der Waals surface area contributed by atoms with Gasteiger partial charge >= 0.3 is 0 Å². The number of hydrogen-bond acceptors (Lipinski definition) is 5. The molecule has 0 spiro atoms. The molecule has 0 unspecified atom stereocenters. The maximum absolute atomic E-state index is 13.0. The number of carbonyl (C=O) groups excluding carboxylic acids is 2. The van der Waals surface area contributed by atoms with Crippen molar-refractivity contribution in [3.05, 3.63) is 57.5 Å². The van der Waals surface area contributed by atoms with Gasteiger partial charge in [-0.3, -0.25) is 19.4 Å². The molecule has 2 amide bonds. The van der Waals surface area contributed by atoms with E-state index in [1.54, 1.807) is 29.4 Å². The van der Waals surface area contributed by atoms with Crippen LogP contribution in [0, 0.1) is 11.8 Å². The molecule has 2 aromatic heterocycles. The van der Waals surface area contributed by atoms with Crippen LogP contribution >= 0.6 is 0 Å². The quantitative estimate of drug-likeness (QED) is 0.818. The van der Waals surface area contributed by atoms with E-state index in [-0.39, 0.29) is 29.3 Å². The second kappa shape index (κ2) is 7.90. The van der Waals surface area contributed by atoms with E-state index in [0.717, 1.165) is 25.7 Å². The maximum Gasteiger partial charge on any atom is 0.254 e. The fourth-order valence-electron chi connectivity index (χ4n) is 4.83. The van der Waals surface area contributed by atoms with Crippen LogP contribution in [-0.2, 0) is 17.8 Å². The molecule has 1 aliphatic carbocycles. The first-order valence-corrected chi connectivity index (χ1v) is 11.1. The summed E-state index contributed by atoms with van der Waals surface area (Å²) in [6, 6.07) is 3.19. The summed E-state index contributed by atoms with van der Waals surface area (Å²) in [6.07, 6.45) is 7.40. The van der Waals surface area contributed by atoms with Gasteiger partial charge in [0.2, 0.25) is 5.91 Å². The lowest BCUT2D eigenvalue weighted by Gasteiger charge is -2.36. The summed E-state index contributed by atoms with van der Waals surface area (Å²) in [6.45, 7) is 3.59. The number of hydrogen-bond donors (Lipinski definition) is 1. The van der Waals surface area contributed by atoms with Crippen molar-refractivity contribution >= 4 is 11.8 Å². The fourth-order valence-corrected chi connectivity index (χ4v) is 4.83. The van der Waals surface area contributed by atoms with E-state index in [9.17, 15) is 14.4 Å². The third kappa shape index (κ3) is 3.75. The Morgan fingerprint density at radius 1 is 1.16 bits per heavy atom. The SMILES string of the molecule is C[C@H]1C[C@H]1C(=O)N1CCCC[C@@H]1c1nc2c(c(=O)[nH]1)CCN(C(=O)c1ccncc1)C2.